The third-order valence-electron chi connectivity index (χ3n) is 2.92. The molecule has 0 aliphatic carbocycles. The lowest BCUT2D eigenvalue weighted by Crippen LogP contribution is -2.18. The molecule has 0 radical (unpaired) electrons. The van der Waals surface area contributed by atoms with Crippen LogP contribution in [0, 0.1) is 24.0 Å². The Morgan fingerprint density at radius 3 is 2.64 bits per heavy atom. The maximum absolute atomic E-state index is 11.9. The smallest absolute Gasteiger partial charge is 0.333 e. The van der Waals surface area contributed by atoms with Crippen LogP contribution in [0.15, 0.2) is 18.2 Å². The van der Waals surface area contributed by atoms with Gasteiger partial charge in [-0.15, -0.1) is 0 Å². The number of esters is 1. The molecule has 22 heavy (non-hydrogen) atoms. The van der Waals surface area contributed by atoms with Crippen molar-refractivity contribution in [3.05, 3.63) is 49.7 Å². The van der Waals surface area contributed by atoms with Crippen LogP contribution in [0.1, 0.15) is 11.4 Å². The zero-order chi connectivity index (χ0) is 16.4. The molecule has 0 saturated heterocycles. The Hall–Kier alpha value is -2.12. The molecule has 0 fully saturated rings. The van der Waals surface area contributed by atoms with Crippen LogP contribution in [0.5, 0.6) is 5.75 Å². The number of hydrogen-bond donors (Lipinski definition) is 0. The van der Waals surface area contributed by atoms with Gasteiger partial charge in [0.25, 0.3) is 0 Å². The fraction of sp³-hybridized carbons (Fsp3) is 0.231. The van der Waals surface area contributed by atoms with Gasteiger partial charge in [-0.3, -0.25) is 14.8 Å². The Balaban J connectivity index is 2.16. The van der Waals surface area contributed by atoms with Gasteiger partial charge in [-0.2, -0.15) is 5.10 Å². The van der Waals surface area contributed by atoms with Crippen molar-refractivity contribution >= 4 is 34.9 Å². The molecule has 2 rings (SSSR count). The van der Waals surface area contributed by atoms with Crippen molar-refractivity contribution in [3.8, 4) is 5.75 Å². The summed E-state index contributed by atoms with van der Waals surface area (Å²) in [7, 11) is 0. The molecule has 0 N–H and O–H groups in total. The lowest BCUT2D eigenvalue weighted by Gasteiger charge is -2.07. The van der Waals surface area contributed by atoms with Gasteiger partial charge in [-0.1, -0.05) is 23.2 Å². The van der Waals surface area contributed by atoms with Crippen LogP contribution in [0.4, 0.5) is 5.69 Å². The fourth-order valence-electron chi connectivity index (χ4n) is 1.94. The van der Waals surface area contributed by atoms with E-state index in [9.17, 15) is 14.9 Å². The highest BCUT2D eigenvalue weighted by Gasteiger charge is 2.23. The minimum Gasteiger partial charge on any atom is -0.424 e. The van der Waals surface area contributed by atoms with Gasteiger partial charge in [0.2, 0.25) is 0 Å². The Labute approximate surface area is 135 Å². The minimum atomic E-state index is -0.648. The largest absolute Gasteiger partial charge is 0.424 e. The molecule has 0 atom stereocenters. The zero-order valence-corrected chi connectivity index (χ0v) is 13.2. The maximum atomic E-state index is 11.9. The number of nitro groups is 1. The van der Waals surface area contributed by atoms with Gasteiger partial charge >= 0.3 is 11.7 Å². The fourth-order valence-corrected chi connectivity index (χ4v) is 2.39. The second kappa shape index (κ2) is 6.33. The van der Waals surface area contributed by atoms with Gasteiger partial charge in [-0.05, 0) is 32.0 Å². The van der Waals surface area contributed by atoms with E-state index in [0.29, 0.717) is 5.02 Å². The summed E-state index contributed by atoms with van der Waals surface area (Å²) >= 11 is 11.7. The molecule has 0 amide bonds. The highest BCUT2D eigenvalue weighted by atomic mass is 35.5. The summed E-state index contributed by atoms with van der Waals surface area (Å²) in [5.74, 6) is -0.489. The first-order valence-electron chi connectivity index (χ1n) is 6.13. The number of carbonyl (C=O) groups is 1. The van der Waals surface area contributed by atoms with Crippen LogP contribution >= 0.6 is 23.2 Å². The van der Waals surface area contributed by atoms with Gasteiger partial charge in [0.15, 0.2) is 0 Å². The van der Waals surface area contributed by atoms with Crippen LogP contribution in [-0.2, 0) is 11.3 Å². The summed E-state index contributed by atoms with van der Waals surface area (Å²) in [5, 5.41) is 15.5. The van der Waals surface area contributed by atoms with Crippen LogP contribution < -0.4 is 4.74 Å². The van der Waals surface area contributed by atoms with Crippen molar-refractivity contribution in [1.82, 2.24) is 9.78 Å². The van der Waals surface area contributed by atoms with E-state index in [1.165, 1.54) is 36.7 Å². The summed E-state index contributed by atoms with van der Waals surface area (Å²) < 4.78 is 6.33. The highest BCUT2D eigenvalue weighted by molar-refractivity contribution is 6.35. The molecule has 1 aromatic carbocycles. The quantitative estimate of drug-likeness (QED) is 0.367. The Morgan fingerprint density at radius 2 is 2.09 bits per heavy atom. The van der Waals surface area contributed by atoms with E-state index >= 15 is 0 Å². The third-order valence-corrected chi connectivity index (χ3v) is 3.45. The van der Waals surface area contributed by atoms with Crippen molar-refractivity contribution < 1.29 is 14.5 Å². The molecule has 0 aliphatic rings. The second-order valence-electron chi connectivity index (χ2n) is 4.48. The Morgan fingerprint density at radius 1 is 1.41 bits per heavy atom. The van der Waals surface area contributed by atoms with Crippen molar-refractivity contribution in [2.24, 2.45) is 0 Å². The van der Waals surface area contributed by atoms with E-state index in [1.54, 1.807) is 0 Å². The number of benzene rings is 1. The first kappa shape index (κ1) is 16.3. The number of rotatable bonds is 4. The standard InChI is InChI=1S/C13H11Cl2N3O4/c1-7-13(18(20)21)8(2)17(16-7)6-12(19)22-11-4-3-9(14)5-10(11)15/h3-5H,6H2,1-2H3. The first-order chi connectivity index (χ1) is 10.3. The van der Waals surface area contributed by atoms with E-state index in [-0.39, 0.29) is 34.4 Å². The van der Waals surface area contributed by atoms with E-state index in [1.807, 2.05) is 0 Å². The van der Waals surface area contributed by atoms with E-state index in [0.717, 1.165) is 0 Å². The normalized spacial score (nSPS) is 10.5. The molecule has 1 heterocycles. The molecule has 0 bridgehead atoms. The molecule has 1 aromatic heterocycles. The maximum Gasteiger partial charge on any atom is 0.333 e. The Bertz CT molecular complexity index is 758. The van der Waals surface area contributed by atoms with E-state index in [2.05, 4.69) is 5.10 Å². The molecule has 0 aliphatic heterocycles. The minimum absolute atomic E-state index is 0.114. The molecule has 116 valence electrons. The zero-order valence-electron chi connectivity index (χ0n) is 11.7. The van der Waals surface area contributed by atoms with Crippen molar-refractivity contribution in [2.45, 2.75) is 20.4 Å². The number of carbonyl (C=O) groups excluding carboxylic acids is 1. The lowest BCUT2D eigenvalue weighted by molar-refractivity contribution is -0.386. The summed E-state index contributed by atoms with van der Waals surface area (Å²) in [6.07, 6.45) is 0. The van der Waals surface area contributed by atoms with Gasteiger partial charge in [-0.25, -0.2) is 4.79 Å². The van der Waals surface area contributed by atoms with Crippen molar-refractivity contribution in [3.63, 3.8) is 0 Å². The average molecular weight is 344 g/mol. The number of aryl methyl sites for hydroxylation is 1. The summed E-state index contributed by atoms with van der Waals surface area (Å²) in [6, 6.07) is 4.44. The third kappa shape index (κ3) is 3.37. The predicted octanol–water partition coefficient (Wildman–Crippen LogP) is 3.32. The lowest BCUT2D eigenvalue weighted by atomic mass is 10.3. The number of nitrogens with zero attached hydrogens (tertiary/aromatic N) is 3. The van der Waals surface area contributed by atoms with Crippen LogP contribution in [-0.4, -0.2) is 20.7 Å². The molecular weight excluding hydrogens is 333 g/mol. The van der Waals surface area contributed by atoms with Gasteiger partial charge in [0.1, 0.15) is 23.7 Å². The number of aromatic nitrogens is 2. The van der Waals surface area contributed by atoms with E-state index in [4.69, 9.17) is 27.9 Å². The van der Waals surface area contributed by atoms with Gasteiger partial charge in [0.05, 0.1) is 9.95 Å². The topological polar surface area (TPSA) is 87.3 Å². The van der Waals surface area contributed by atoms with Gasteiger partial charge in [0, 0.05) is 5.02 Å². The first-order valence-corrected chi connectivity index (χ1v) is 6.89. The Kier molecular flexibility index (Phi) is 4.68. The number of hydrogen-bond acceptors (Lipinski definition) is 5. The number of halogens is 2. The van der Waals surface area contributed by atoms with Gasteiger partial charge < -0.3 is 4.74 Å². The molecule has 0 unspecified atom stereocenters. The molecule has 0 saturated carbocycles. The summed E-state index contributed by atoms with van der Waals surface area (Å²) in [6.45, 7) is 2.75. The highest BCUT2D eigenvalue weighted by Crippen LogP contribution is 2.28. The van der Waals surface area contributed by atoms with E-state index < -0.39 is 10.9 Å². The van der Waals surface area contributed by atoms with Crippen molar-refractivity contribution in [2.75, 3.05) is 0 Å². The second-order valence-corrected chi connectivity index (χ2v) is 5.33. The molecule has 7 nitrogen and oxygen atoms in total. The number of ether oxygens (including phenoxy) is 1. The molecule has 9 heteroatoms. The van der Waals surface area contributed by atoms with Crippen LogP contribution in [0.25, 0.3) is 0 Å². The summed E-state index contributed by atoms with van der Waals surface area (Å²) in [4.78, 5) is 22.3. The van der Waals surface area contributed by atoms with Crippen molar-refractivity contribution in [1.29, 1.82) is 0 Å². The monoisotopic (exact) mass is 343 g/mol. The SMILES string of the molecule is Cc1nn(CC(=O)Oc2ccc(Cl)cc2Cl)c(C)c1[N+](=O)[O-]. The predicted molar refractivity (Wildman–Crippen MR) is 80.5 cm³/mol. The average Bonchev–Trinajstić information content (AvgIpc) is 2.67. The summed E-state index contributed by atoms with van der Waals surface area (Å²) in [5.41, 5.74) is 0.402. The molecule has 0 spiro atoms. The van der Waals surface area contributed by atoms with Crippen LogP contribution in [0.2, 0.25) is 10.0 Å². The molecular formula is C13H11Cl2N3O4. The molecule has 2 aromatic rings. The van der Waals surface area contributed by atoms with Crippen LogP contribution in [0.3, 0.4) is 0 Å².